The van der Waals surface area contributed by atoms with Crippen LogP contribution in [0.1, 0.15) is 12.8 Å². The van der Waals surface area contributed by atoms with Crippen molar-refractivity contribution in [2.45, 2.75) is 18.9 Å². The molecule has 1 unspecified atom stereocenters. The van der Waals surface area contributed by atoms with Gasteiger partial charge in [-0.1, -0.05) is 11.6 Å². The van der Waals surface area contributed by atoms with Crippen LogP contribution >= 0.6 is 11.6 Å². The molecule has 1 aliphatic rings. The summed E-state index contributed by atoms with van der Waals surface area (Å²) >= 11 is 5.79. The Balaban J connectivity index is 1.73. The van der Waals surface area contributed by atoms with E-state index in [2.05, 4.69) is 10.6 Å². The zero-order valence-corrected chi connectivity index (χ0v) is 11.2. The number of carbonyl (C=O) groups excluding carboxylic acids is 1. The zero-order valence-electron chi connectivity index (χ0n) is 10.4. The second-order valence-corrected chi connectivity index (χ2v) is 4.87. The number of amides is 1. The Morgan fingerprint density at radius 1 is 1.58 bits per heavy atom. The fourth-order valence-electron chi connectivity index (χ4n) is 1.95. The maximum atomic E-state index is 12.8. The van der Waals surface area contributed by atoms with Gasteiger partial charge in [-0.25, -0.2) is 4.39 Å². The van der Waals surface area contributed by atoms with E-state index in [4.69, 9.17) is 16.3 Å². The summed E-state index contributed by atoms with van der Waals surface area (Å²) in [6.45, 7) is 1.47. The van der Waals surface area contributed by atoms with E-state index in [-0.39, 0.29) is 17.5 Å². The fraction of sp³-hybridized carbons (Fsp3) is 0.462. The van der Waals surface area contributed by atoms with Gasteiger partial charge in [-0.3, -0.25) is 4.79 Å². The van der Waals surface area contributed by atoms with E-state index in [9.17, 15) is 9.18 Å². The van der Waals surface area contributed by atoms with Crippen LogP contribution in [0.25, 0.3) is 0 Å². The van der Waals surface area contributed by atoms with Crippen LogP contribution in [0.4, 0.5) is 4.39 Å². The Hall–Kier alpha value is -1.33. The Morgan fingerprint density at radius 3 is 3.11 bits per heavy atom. The molecule has 104 valence electrons. The van der Waals surface area contributed by atoms with E-state index in [1.807, 2.05) is 0 Å². The molecule has 1 aliphatic heterocycles. The standard InChI is InChI=1S/C13H16ClFN2O2/c14-11-6-9(15)3-4-12(11)19-8-13(18)17-7-10-2-1-5-16-10/h3-4,6,10,16H,1-2,5,7-8H2,(H,17,18). The first-order valence-electron chi connectivity index (χ1n) is 6.23. The molecular weight excluding hydrogens is 271 g/mol. The Kier molecular flexibility index (Phi) is 4.99. The average Bonchev–Trinajstić information content (AvgIpc) is 2.88. The van der Waals surface area contributed by atoms with Gasteiger partial charge in [-0.2, -0.15) is 0 Å². The largest absolute Gasteiger partial charge is 0.482 e. The van der Waals surface area contributed by atoms with Gasteiger partial charge in [0.2, 0.25) is 0 Å². The monoisotopic (exact) mass is 286 g/mol. The lowest BCUT2D eigenvalue weighted by molar-refractivity contribution is -0.123. The highest BCUT2D eigenvalue weighted by molar-refractivity contribution is 6.32. The number of hydrogen-bond donors (Lipinski definition) is 2. The van der Waals surface area contributed by atoms with E-state index in [0.717, 1.165) is 25.5 Å². The number of nitrogens with one attached hydrogen (secondary N) is 2. The second kappa shape index (κ2) is 6.73. The van der Waals surface area contributed by atoms with Gasteiger partial charge in [-0.15, -0.1) is 0 Å². The number of benzene rings is 1. The van der Waals surface area contributed by atoms with Crippen molar-refractivity contribution in [3.05, 3.63) is 29.0 Å². The number of carbonyl (C=O) groups is 1. The third-order valence-corrected chi connectivity index (χ3v) is 3.26. The van der Waals surface area contributed by atoms with Crippen molar-refractivity contribution in [3.63, 3.8) is 0 Å². The van der Waals surface area contributed by atoms with Crippen LogP contribution in [-0.2, 0) is 4.79 Å². The second-order valence-electron chi connectivity index (χ2n) is 4.46. The molecule has 1 amide bonds. The van der Waals surface area contributed by atoms with Crippen molar-refractivity contribution in [1.29, 1.82) is 0 Å². The van der Waals surface area contributed by atoms with Crippen LogP contribution in [0.15, 0.2) is 18.2 Å². The lowest BCUT2D eigenvalue weighted by atomic mass is 10.2. The molecule has 1 heterocycles. The van der Waals surface area contributed by atoms with E-state index in [1.54, 1.807) is 0 Å². The molecule has 2 rings (SSSR count). The molecule has 19 heavy (non-hydrogen) atoms. The number of ether oxygens (including phenoxy) is 1. The molecule has 6 heteroatoms. The molecule has 1 atom stereocenters. The number of rotatable bonds is 5. The molecule has 2 N–H and O–H groups in total. The highest BCUT2D eigenvalue weighted by atomic mass is 35.5. The van der Waals surface area contributed by atoms with Crippen molar-refractivity contribution < 1.29 is 13.9 Å². The summed E-state index contributed by atoms with van der Waals surface area (Å²) in [5, 5.41) is 6.22. The van der Waals surface area contributed by atoms with Crippen LogP contribution in [-0.4, -0.2) is 31.6 Å². The summed E-state index contributed by atoms with van der Waals surface area (Å²) in [5.41, 5.74) is 0. The minimum absolute atomic E-state index is 0.127. The summed E-state index contributed by atoms with van der Waals surface area (Å²) in [6.07, 6.45) is 2.22. The van der Waals surface area contributed by atoms with Gasteiger partial charge in [0.1, 0.15) is 11.6 Å². The minimum atomic E-state index is -0.436. The predicted molar refractivity (Wildman–Crippen MR) is 70.9 cm³/mol. The fourth-order valence-corrected chi connectivity index (χ4v) is 2.18. The zero-order chi connectivity index (χ0) is 13.7. The van der Waals surface area contributed by atoms with Crippen LogP contribution in [0, 0.1) is 5.82 Å². The molecule has 0 bridgehead atoms. The van der Waals surface area contributed by atoms with Gasteiger partial charge in [0.15, 0.2) is 6.61 Å². The molecule has 0 aromatic heterocycles. The third kappa shape index (κ3) is 4.36. The van der Waals surface area contributed by atoms with Gasteiger partial charge < -0.3 is 15.4 Å². The first kappa shape index (κ1) is 14.1. The highest BCUT2D eigenvalue weighted by Gasteiger charge is 2.15. The first-order valence-corrected chi connectivity index (χ1v) is 6.61. The SMILES string of the molecule is O=C(COc1ccc(F)cc1Cl)NCC1CCCN1. The van der Waals surface area contributed by atoms with Gasteiger partial charge in [0, 0.05) is 12.6 Å². The Morgan fingerprint density at radius 2 is 2.42 bits per heavy atom. The van der Waals surface area contributed by atoms with Crippen LogP contribution in [0.2, 0.25) is 5.02 Å². The normalized spacial score (nSPS) is 18.3. The summed E-state index contributed by atoms with van der Waals surface area (Å²) < 4.78 is 18.1. The van der Waals surface area contributed by atoms with Crippen LogP contribution < -0.4 is 15.4 Å². The van der Waals surface area contributed by atoms with E-state index >= 15 is 0 Å². The molecule has 0 spiro atoms. The van der Waals surface area contributed by atoms with E-state index < -0.39 is 5.82 Å². The van der Waals surface area contributed by atoms with Crippen molar-refractivity contribution in [3.8, 4) is 5.75 Å². The molecule has 1 aromatic rings. The Labute approximate surface area is 116 Å². The van der Waals surface area contributed by atoms with Crippen LogP contribution in [0.5, 0.6) is 5.75 Å². The summed E-state index contributed by atoms with van der Waals surface area (Å²) in [5.74, 6) is -0.347. The summed E-state index contributed by atoms with van der Waals surface area (Å²) in [4.78, 5) is 11.6. The molecule has 1 saturated heterocycles. The highest BCUT2D eigenvalue weighted by Crippen LogP contribution is 2.24. The summed E-state index contributed by atoms with van der Waals surface area (Å²) in [7, 11) is 0. The average molecular weight is 287 g/mol. The third-order valence-electron chi connectivity index (χ3n) is 2.96. The molecular formula is C13H16ClFN2O2. The predicted octanol–water partition coefficient (Wildman–Crippen LogP) is 1.73. The molecule has 1 aromatic carbocycles. The van der Waals surface area contributed by atoms with E-state index in [1.165, 1.54) is 12.1 Å². The van der Waals surface area contributed by atoms with Crippen LogP contribution in [0.3, 0.4) is 0 Å². The number of halogens is 2. The van der Waals surface area contributed by atoms with Gasteiger partial charge in [0.05, 0.1) is 5.02 Å². The summed E-state index contributed by atoms with van der Waals surface area (Å²) in [6, 6.07) is 4.14. The lowest BCUT2D eigenvalue weighted by Gasteiger charge is -2.12. The maximum Gasteiger partial charge on any atom is 0.257 e. The van der Waals surface area contributed by atoms with Crippen molar-refractivity contribution in [2.75, 3.05) is 19.7 Å². The molecule has 0 aliphatic carbocycles. The lowest BCUT2D eigenvalue weighted by Crippen LogP contribution is -2.39. The topological polar surface area (TPSA) is 50.4 Å². The quantitative estimate of drug-likeness (QED) is 0.867. The molecule has 1 fully saturated rings. The van der Waals surface area contributed by atoms with Gasteiger partial charge in [-0.05, 0) is 37.6 Å². The van der Waals surface area contributed by atoms with Crippen molar-refractivity contribution in [1.82, 2.24) is 10.6 Å². The minimum Gasteiger partial charge on any atom is -0.482 e. The van der Waals surface area contributed by atoms with Crippen molar-refractivity contribution in [2.24, 2.45) is 0 Å². The molecule has 4 nitrogen and oxygen atoms in total. The molecule has 0 radical (unpaired) electrons. The Bertz CT molecular complexity index is 450. The smallest absolute Gasteiger partial charge is 0.257 e. The number of hydrogen-bond acceptors (Lipinski definition) is 3. The van der Waals surface area contributed by atoms with E-state index in [0.29, 0.717) is 18.3 Å². The maximum absolute atomic E-state index is 12.8. The first-order chi connectivity index (χ1) is 9.15. The van der Waals surface area contributed by atoms with Crippen molar-refractivity contribution >= 4 is 17.5 Å². The van der Waals surface area contributed by atoms with Gasteiger partial charge >= 0.3 is 0 Å². The van der Waals surface area contributed by atoms with Gasteiger partial charge in [0.25, 0.3) is 5.91 Å². The molecule has 0 saturated carbocycles.